The lowest BCUT2D eigenvalue weighted by Crippen LogP contribution is -2.45. The number of aromatic nitrogens is 2. The van der Waals surface area contributed by atoms with E-state index in [1.807, 2.05) is 12.1 Å². The molecule has 2 heterocycles. The molecule has 1 aromatic carbocycles. The van der Waals surface area contributed by atoms with Crippen LogP contribution in [0.15, 0.2) is 41.6 Å². The molecule has 1 saturated heterocycles. The number of nitrogens with one attached hydrogen (secondary N) is 1. The number of sulfonamides is 1. The van der Waals surface area contributed by atoms with Gasteiger partial charge in [-0.3, -0.25) is 0 Å². The van der Waals surface area contributed by atoms with Crippen molar-refractivity contribution in [3.63, 3.8) is 0 Å². The van der Waals surface area contributed by atoms with Crippen molar-refractivity contribution >= 4 is 16.0 Å². The molecule has 0 radical (unpaired) electrons. The van der Waals surface area contributed by atoms with Gasteiger partial charge in [0.05, 0.1) is 4.90 Å². The van der Waals surface area contributed by atoms with Gasteiger partial charge in [0.25, 0.3) is 0 Å². The summed E-state index contributed by atoms with van der Waals surface area (Å²) in [5, 5.41) is 0. The van der Waals surface area contributed by atoms with Crippen LogP contribution in [0.25, 0.3) is 0 Å². The van der Waals surface area contributed by atoms with E-state index in [4.69, 9.17) is 0 Å². The van der Waals surface area contributed by atoms with Gasteiger partial charge in [0.1, 0.15) is 0 Å². The average Bonchev–Trinajstić information content (AvgIpc) is 3.10. The van der Waals surface area contributed by atoms with Crippen molar-refractivity contribution in [1.82, 2.24) is 14.7 Å². The Hall–Kier alpha value is -1.99. The Bertz CT molecular complexity index is 847. The second-order valence-corrected chi connectivity index (χ2v) is 8.43. The molecule has 2 aromatic rings. The van der Waals surface area contributed by atoms with E-state index in [1.165, 1.54) is 11.1 Å². The minimum absolute atomic E-state index is 0.0433. The molecule has 6 nitrogen and oxygen atoms in total. The molecule has 25 heavy (non-hydrogen) atoms. The Morgan fingerprint density at radius 2 is 1.76 bits per heavy atom. The van der Waals surface area contributed by atoms with Crippen LogP contribution in [0.3, 0.4) is 0 Å². The van der Waals surface area contributed by atoms with E-state index in [9.17, 15) is 8.42 Å². The van der Waals surface area contributed by atoms with Crippen LogP contribution in [0.1, 0.15) is 30.4 Å². The van der Waals surface area contributed by atoms with Crippen LogP contribution in [-0.2, 0) is 22.9 Å². The second kappa shape index (κ2) is 6.72. The molecule has 1 aliphatic carbocycles. The fourth-order valence-electron chi connectivity index (χ4n) is 3.65. The lowest BCUT2D eigenvalue weighted by molar-refractivity contribution is 0.456. The fourth-order valence-corrected chi connectivity index (χ4v) is 5.01. The van der Waals surface area contributed by atoms with Gasteiger partial charge in [-0.1, -0.05) is 6.07 Å². The SMILES string of the molecule is O=S(=O)(NC1CCN(c2ncccn2)CC1)c1ccc2c(c1)CCC2. The summed E-state index contributed by atoms with van der Waals surface area (Å²) in [7, 11) is -3.46. The number of anilines is 1. The predicted molar refractivity (Wildman–Crippen MR) is 96.1 cm³/mol. The number of nitrogens with zero attached hydrogens (tertiary/aromatic N) is 3. The smallest absolute Gasteiger partial charge is 0.240 e. The number of hydrogen-bond acceptors (Lipinski definition) is 5. The fraction of sp³-hybridized carbons (Fsp3) is 0.444. The first-order chi connectivity index (χ1) is 12.1. The van der Waals surface area contributed by atoms with E-state index in [-0.39, 0.29) is 6.04 Å². The molecular weight excluding hydrogens is 336 g/mol. The Balaban J connectivity index is 1.41. The van der Waals surface area contributed by atoms with Gasteiger partial charge in [0, 0.05) is 31.5 Å². The van der Waals surface area contributed by atoms with Gasteiger partial charge in [0.2, 0.25) is 16.0 Å². The van der Waals surface area contributed by atoms with Gasteiger partial charge < -0.3 is 4.90 Å². The zero-order valence-electron chi connectivity index (χ0n) is 14.1. The zero-order chi connectivity index (χ0) is 17.3. The first-order valence-corrected chi connectivity index (χ1v) is 10.3. The number of aryl methyl sites for hydroxylation is 2. The van der Waals surface area contributed by atoms with Gasteiger partial charge >= 0.3 is 0 Å². The first-order valence-electron chi connectivity index (χ1n) is 8.78. The summed E-state index contributed by atoms with van der Waals surface area (Å²) in [5.74, 6) is 0.711. The van der Waals surface area contributed by atoms with Crippen LogP contribution in [0, 0.1) is 0 Å². The molecule has 7 heteroatoms. The highest BCUT2D eigenvalue weighted by Gasteiger charge is 2.26. The zero-order valence-corrected chi connectivity index (χ0v) is 14.9. The van der Waals surface area contributed by atoms with Crippen LogP contribution in [0.5, 0.6) is 0 Å². The quantitative estimate of drug-likeness (QED) is 0.904. The van der Waals surface area contributed by atoms with Gasteiger partial charge in [0.15, 0.2) is 0 Å². The Labute approximate surface area is 148 Å². The summed E-state index contributed by atoms with van der Waals surface area (Å²) in [6.45, 7) is 1.50. The molecule has 1 fully saturated rings. The van der Waals surface area contributed by atoms with Crippen LogP contribution in [0.2, 0.25) is 0 Å². The molecule has 1 aliphatic heterocycles. The molecule has 0 spiro atoms. The molecule has 4 rings (SSSR count). The van der Waals surface area contributed by atoms with E-state index < -0.39 is 10.0 Å². The van der Waals surface area contributed by atoms with Crippen molar-refractivity contribution in [2.24, 2.45) is 0 Å². The third-order valence-electron chi connectivity index (χ3n) is 5.03. The molecule has 0 bridgehead atoms. The molecule has 0 amide bonds. The maximum Gasteiger partial charge on any atom is 0.240 e. The summed E-state index contributed by atoms with van der Waals surface area (Å²) >= 11 is 0. The Kier molecular flexibility index (Phi) is 4.43. The van der Waals surface area contributed by atoms with Crippen molar-refractivity contribution in [1.29, 1.82) is 0 Å². The maximum absolute atomic E-state index is 12.7. The van der Waals surface area contributed by atoms with Crippen molar-refractivity contribution in [3.05, 3.63) is 47.8 Å². The summed E-state index contributed by atoms with van der Waals surface area (Å²) in [4.78, 5) is 11.0. The third kappa shape index (κ3) is 3.52. The summed E-state index contributed by atoms with van der Waals surface area (Å²) in [6, 6.07) is 7.29. The lowest BCUT2D eigenvalue weighted by atomic mass is 10.1. The van der Waals surface area contributed by atoms with E-state index in [0.717, 1.165) is 45.2 Å². The van der Waals surface area contributed by atoms with E-state index in [2.05, 4.69) is 19.6 Å². The molecule has 0 unspecified atom stereocenters. The van der Waals surface area contributed by atoms with Crippen LogP contribution < -0.4 is 9.62 Å². The standard InChI is InChI=1S/C18H22N4O2S/c23-25(24,17-6-5-14-3-1-4-15(14)13-17)21-16-7-11-22(12-8-16)18-19-9-2-10-20-18/h2,5-6,9-10,13,16,21H,1,3-4,7-8,11-12H2. The predicted octanol–water partition coefficient (Wildman–Crippen LogP) is 1.91. The highest BCUT2D eigenvalue weighted by molar-refractivity contribution is 7.89. The van der Waals surface area contributed by atoms with Gasteiger partial charge in [-0.05, 0) is 61.4 Å². The lowest BCUT2D eigenvalue weighted by Gasteiger charge is -2.32. The molecule has 0 atom stereocenters. The monoisotopic (exact) mass is 358 g/mol. The molecule has 1 N–H and O–H groups in total. The van der Waals surface area contributed by atoms with E-state index in [0.29, 0.717) is 10.8 Å². The summed E-state index contributed by atoms with van der Waals surface area (Å²) < 4.78 is 28.3. The van der Waals surface area contributed by atoms with Gasteiger partial charge in [-0.25, -0.2) is 23.1 Å². The van der Waals surface area contributed by atoms with Crippen molar-refractivity contribution < 1.29 is 8.42 Å². The van der Waals surface area contributed by atoms with Gasteiger partial charge in [-0.15, -0.1) is 0 Å². The number of hydrogen-bond donors (Lipinski definition) is 1. The number of rotatable bonds is 4. The Morgan fingerprint density at radius 3 is 2.52 bits per heavy atom. The molecular formula is C18H22N4O2S. The number of piperidine rings is 1. The van der Waals surface area contributed by atoms with Gasteiger partial charge in [-0.2, -0.15) is 0 Å². The molecule has 132 valence electrons. The largest absolute Gasteiger partial charge is 0.341 e. The summed E-state index contributed by atoms with van der Waals surface area (Å²) in [5.41, 5.74) is 2.47. The normalized spacial score (nSPS) is 18.3. The van der Waals surface area contributed by atoms with Crippen molar-refractivity contribution in [2.75, 3.05) is 18.0 Å². The highest BCUT2D eigenvalue weighted by Crippen LogP contribution is 2.25. The van der Waals surface area contributed by atoms with Crippen LogP contribution in [0.4, 0.5) is 5.95 Å². The van der Waals surface area contributed by atoms with Crippen molar-refractivity contribution in [3.8, 4) is 0 Å². The molecule has 2 aliphatic rings. The van der Waals surface area contributed by atoms with Crippen LogP contribution >= 0.6 is 0 Å². The molecule has 0 saturated carbocycles. The summed E-state index contributed by atoms with van der Waals surface area (Å²) in [6.07, 6.45) is 8.12. The highest BCUT2D eigenvalue weighted by atomic mass is 32.2. The topological polar surface area (TPSA) is 75.2 Å². The number of benzene rings is 1. The van der Waals surface area contributed by atoms with E-state index >= 15 is 0 Å². The first kappa shape index (κ1) is 16.5. The maximum atomic E-state index is 12.7. The second-order valence-electron chi connectivity index (χ2n) is 6.72. The van der Waals surface area contributed by atoms with Crippen LogP contribution in [-0.4, -0.2) is 37.5 Å². The van der Waals surface area contributed by atoms with E-state index in [1.54, 1.807) is 24.5 Å². The Morgan fingerprint density at radius 1 is 1.04 bits per heavy atom. The molecule has 1 aromatic heterocycles. The minimum atomic E-state index is -3.46. The number of fused-ring (bicyclic) bond motifs is 1. The third-order valence-corrected chi connectivity index (χ3v) is 6.55. The van der Waals surface area contributed by atoms with Crippen molar-refractivity contribution in [2.45, 2.75) is 43.0 Å². The average molecular weight is 358 g/mol. The minimum Gasteiger partial charge on any atom is -0.341 e.